The van der Waals surface area contributed by atoms with Gasteiger partial charge in [0.1, 0.15) is 6.10 Å². The second kappa shape index (κ2) is 2.83. The van der Waals surface area contributed by atoms with Crippen molar-refractivity contribution < 1.29 is 14.3 Å². The zero-order chi connectivity index (χ0) is 10.5. The van der Waals surface area contributed by atoms with Crippen LogP contribution in [0.15, 0.2) is 24.3 Å². The molecule has 3 rings (SSSR count). The van der Waals surface area contributed by atoms with Crippen LogP contribution in [0.4, 0.5) is 0 Å². The molecule has 0 N–H and O–H groups in total. The van der Waals surface area contributed by atoms with Gasteiger partial charge in [-0.05, 0) is 12.5 Å². The van der Waals surface area contributed by atoms with E-state index in [2.05, 4.69) is 0 Å². The normalized spacial score (nSPS) is 33.1. The molecule has 78 valence electrons. The Labute approximate surface area is 88.0 Å². The van der Waals surface area contributed by atoms with Crippen molar-refractivity contribution >= 4 is 5.97 Å². The highest BCUT2D eigenvalue weighted by Crippen LogP contribution is 2.43. The number of benzene rings is 1. The first-order chi connectivity index (χ1) is 7.20. The Balaban J connectivity index is 2.15. The minimum Gasteiger partial charge on any atom is -0.452 e. The van der Waals surface area contributed by atoms with Gasteiger partial charge >= 0.3 is 5.97 Å². The van der Waals surface area contributed by atoms with Gasteiger partial charge in [0.05, 0.1) is 13.0 Å². The molecule has 1 aromatic carbocycles. The van der Waals surface area contributed by atoms with Gasteiger partial charge in [-0.1, -0.05) is 24.3 Å². The van der Waals surface area contributed by atoms with Crippen LogP contribution in [0.3, 0.4) is 0 Å². The first kappa shape index (κ1) is 8.92. The topological polar surface area (TPSA) is 35.5 Å². The van der Waals surface area contributed by atoms with E-state index in [1.165, 1.54) is 0 Å². The van der Waals surface area contributed by atoms with Crippen LogP contribution in [-0.2, 0) is 26.5 Å². The highest BCUT2D eigenvalue weighted by molar-refractivity contribution is 5.74. The van der Waals surface area contributed by atoms with Gasteiger partial charge in [0.25, 0.3) is 0 Å². The summed E-state index contributed by atoms with van der Waals surface area (Å²) in [5, 5.41) is 0. The number of rotatable bonds is 0. The summed E-state index contributed by atoms with van der Waals surface area (Å²) >= 11 is 0. The van der Waals surface area contributed by atoms with E-state index in [9.17, 15) is 4.79 Å². The maximum absolute atomic E-state index is 11.3. The summed E-state index contributed by atoms with van der Waals surface area (Å²) < 4.78 is 11.1. The molecule has 0 spiro atoms. The molecular formula is C12H12O3. The second-order valence-corrected chi connectivity index (χ2v) is 4.24. The van der Waals surface area contributed by atoms with Crippen molar-refractivity contribution in [2.75, 3.05) is 0 Å². The first-order valence-corrected chi connectivity index (χ1v) is 5.12. The van der Waals surface area contributed by atoms with E-state index in [0.717, 1.165) is 11.1 Å². The number of esters is 1. The maximum Gasteiger partial charge on any atom is 0.309 e. The maximum atomic E-state index is 11.3. The van der Waals surface area contributed by atoms with Gasteiger partial charge in [0, 0.05) is 5.56 Å². The molecule has 2 aliphatic heterocycles. The van der Waals surface area contributed by atoms with Gasteiger partial charge in [-0.2, -0.15) is 0 Å². The van der Waals surface area contributed by atoms with E-state index in [0.29, 0.717) is 13.0 Å². The van der Waals surface area contributed by atoms with E-state index in [-0.39, 0.29) is 12.1 Å². The van der Waals surface area contributed by atoms with Crippen molar-refractivity contribution in [1.29, 1.82) is 0 Å². The molecule has 0 unspecified atom stereocenters. The van der Waals surface area contributed by atoms with Crippen LogP contribution in [0, 0.1) is 0 Å². The predicted molar refractivity (Wildman–Crippen MR) is 53.1 cm³/mol. The van der Waals surface area contributed by atoms with Crippen molar-refractivity contribution in [2.24, 2.45) is 0 Å². The van der Waals surface area contributed by atoms with Crippen molar-refractivity contribution in [2.45, 2.75) is 31.7 Å². The summed E-state index contributed by atoms with van der Waals surface area (Å²) in [7, 11) is 0. The lowest BCUT2D eigenvalue weighted by Gasteiger charge is -2.35. The van der Waals surface area contributed by atoms with Crippen molar-refractivity contribution in [1.82, 2.24) is 0 Å². The van der Waals surface area contributed by atoms with E-state index >= 15 is 0 Å². The quantitative estimate of drug-likeness (QED) is 0.604. The van der Waals surface area contributed by atoms with E-state index in [1.54, 1.807) is 0 Å². The predicted octanol–water partition coefficient (Wildman–Crippen LogP) is 1.75. The van der Waals surface area contributed by atoms with Crippen molar-refractivity contribution in [3.63, 3.8) is 0 Å². The Morgan fingerprint density at radius 3 is 3.07 bits per heavy atom. The molecule has 3 heteroatoms. The van der Waals surface area contributed by atoms with Crippen molar-refractivity contribution in [3.05, 3.63) is 35.4 Å². The molecule has 1 fully saturated rings. The number of ether oxygens (including phenoxy) is 2. The number of carbonyl (C=O) groups excluding carboxylic acids is 1. The zero-order valence-electron chi connectivity index (χ0n) is 8.53. The van der Waals surface area contributed by atoms with Crippen LogP contribution >= 0.6 is 0 Å². The van der Waals surface area contributed by atoms with Gasteiger partial charge in [0.15, 0.2) is 5.60 Å². The minimum atomic E-state index is -0.577. The lowest BCUT2D eigenvalue weighted by atomic mass is 9.85. The molecule has 0 aliphatic carbocycles. The summed E-state index contributed by atoms with van der Waals surface area (Å²) in [5.74, 6) is -0.167. The Hall–Kier alpha value is -1.35. The Morgan fingerprint density at radius 1 is 1.40 bits per heavy atom. The number of hydrogen-bond acceptors (Lipinski definition) is 3. The number of hydrogen-bond donors (Lipinski definition) is 0. The zero-order valence-corrected chi connectivity index (χ0v) is 8.53. The summed E-state index contributed by atoms with van der Waals surface area (Å²) in [6.07, 6.45) is 0.241. The Morgan fingerprint density at radius 2 is 2.20 bits per heavy atom. The third-order valence-corrected chi connectivity index (χ3v) is 3.28. The summed E-state index contributed by atoms with van der Waals surface area (Å²) in [6, 6.07) is 7.98. The molecule has 15 heavy (non-hydrogen) atoms. The molecule has 2 atom stereocenters. The second-order valence-electron chi connectivity index (χ2n) is 4.24. The highest BCUT2D eigenvalue weighted by atomic mass is 16.6. The monoisotopic (exact) mass is 204 g/mol. The molecule has 0 radical (unpaired) electrons. The van der Waals surface area contributed by atoms with Crippen molar-refractivity contribution in [3.8, 4) is 0 Å². The molecule has 0 saturated carbocycles. The third-order valence-electron chi connectivity index (χ3n) is 3.28. The molecule has 0 aromatic heterocycles. The largest absolute Gasteiger partial charge is 0.452 e. The smallest absolute Gasteiger partial charge is 0.309 e. The Kier molecular flexibility index (Phi) is 1.68. The van der Waals surface area contributed by atoms with Gasteiger partial charge in [0.2, 0.25) is 0 Å². The van der Waals surface area contributed by atoms with Gasteiger partial charge in [-0.25, -0.2) is 0 Å². The van der Waals surface area contributed by atoms with Crippen LogP contribution in [0.5, 0.6) is 0 Å². The standard InChI is InChI=1S/C12H12O3/c1-12-9-5-3-2-4-8(9)7-14-10(12)6-11(13)15-12/h2-5,10H,6-7H2,1H3/t10-,12-/m0/s1. The fourth-order valence-electron chi connectivity index (χ4n) is 2.46. The summed E-state index contributed by atoms with van der Waals surface area (Å²) in [4.78, 5) is 11.3. The average molecular weight is 204 g/mol. The first-order valence-electron chi connectivity index (χ1n) is 5.12. The van der Waals surface area contributed by atoms with Crippen LogP contribution in [0.25, 0.3) is 0 Å². The Bertz CT molecular complexity index is 427. The molecule has 2 aliphatic rings. The lowest BCUT2D eigenvalue weighted by molar-refractivity contribution is -0.154. The molecule has 0 bridgehead atoms. The summed E-state index contributed by atoms with van der Waals surface area (Å²) in [6.45, 7) is 2.51. The average Bonchev–Trinajstić information content (AvgIpc) is 2.53. The fourth-order valence-corrected chi connectivity index (χ4v) is 2.46. The minimum absolute atomic E-state index is 0.125. The van der Waals surface area contributed by atoms with E-state index in [4.69, 9.17) is 9.47 Å². The lowest BCUT2D eigenvalue weighted by Crippen LogP contribution is -2.39. The summed E-state index contributed by atoms with van der Waals surface area (Å²) in [5.41, 5.74) is 1.63. The highest BCUT2D eigenvalue weighted by Gasteiger charge is 2.50. The van der Waals surface area contributed by atoms with Gasteiger partial charge < -0.3 is 9.47 Å². The molecule has 3 nitrogen and oxygen atoms in total. The third kappa shape index (κ3) is 1.13. The van der Waals surface area contributed by atoms with Gasteiger partial charge in [-0.3, -0.25) is 4.79 Å². The van der Waals surface area contributed by atoms with Gasteiger partial charge in [-0.15, -0.1) is 0 Å². The molecule has 1 saturated heterocycles. The number of carbonyl (C=O) groups is 1. The molecule has 0 amide bonds. The fraction of sp³-hybridized carbons (Fsp3) is 0.417. The molecule has 2 heterocycles. The molecule has 1 aromatic rings. The number of fused-ring (bicyclic) bond motifs is 3. The van der Waals surface area contributed by atoms with E-state index < -0.39 is 5.60 Å². The van der Waals surface area contributed by atoms with Crippen LogP contribution in [-0.4, -0.2) is 12.1 Å². The van der Waals surface area contributed by atoms with E-state index in [1.807, 2.05) is 31.2 Å². The molecular weight excluding hydrogens is 192 g/mol. The SMILES string of the molecule is C[C@@]12OC(=O)C[C@@H]1OCc1ccccc12. The van der Waals surface area contributed by atoms with Crippen LogP contribution < -0.4 is 0 Å². The van der Waals surface area contributed by atoms with Crippen LogP contribution in [0.2, 0.25) is 0 Å². The van der Waals surface area contributed by atoms with Crippen LogP contribution in [0.1, 0.15) is 24.5 Å².